The van der Waals surface area contributed by atoms with E-state index in [0.29, 0.717) is 78.0 Å². The molecule has 0 aliphatic rings. The zero-order chi connectivity index (χ0) is 52.6. The van der Waals surface area contributed by atoms with Crippen molar-refractivity contribution in [3.05, 3.63) is 227 Å². The van der Waals surface area contributed by atoms with Gasteiger partial charge in [-0.1, -0.05) is 109 Å². The van der Waals surface area contributed by atoms with Gasteiger partial charge in [0.1, 0.15) is 0 Å². The fourth-order valence-electron chi connectivity index (χ4n) is 10.3. The largest absolute Gasteiger partial charge is 0.416 e. The van der Waals surface area contributed by atoms with Crippen molar-refractivity contribution >= 4 is 49.3 Å². The fourth-order valence-corrected chi connectivity index (χ4v) is 10.3. The van der Waals surface area contributed by atoms with Crippen LogP contribution < -0.4 is 0 Å². The number of aryl methyl sites for hydroxylation is 2. The summed E-state index contributed by atoms with van der Waals surface area (Å²) >= 11 is 0. The smallest absolute Gasteiger partial charge is 0.309 e. The van der Waals surface area contributed by atoms with Gasteiger partial charge in [0, 0.05) is 38.2 Å². The van der Waals surface area contributed by atoms with Crippen molar-refractivity contribution in [2.45, 2.75) is 26.2 Å². The number of fused-ring (bicyclic) bond motifs is 6. The van der Waals surface area contributed by atoms with E-state index in [1.807, 2.05) is 130 Å². The first-order valence-electron chi connectivity index (χ1n) is 24.0. The molecule has 12 rings (SSSR count). The molecule has 0 saturated carbocycles. The minimum absolute atomic E-state index is 0.176. The van der Waals surface area contributed by atoms with E-state index < -0.39 is 23.5 Å². The van der Waals surface area contributed by atoms with Crippen molar-refractivity contribution in [3.8, 4) is 73.9 Å². The Morgan fingerprint density at radius 3 is 1.39 bits per heavy atom. The molecule has 13 heteroatoms. The Bertz CT molecular complexity index is 4180. The zero-order valence-electron chi connectivity index (χ0n) is 40.3. The summed E-state index contributed by atoms with van der Waals surface area (Å²) in [5, 5.41) is 13.9. The van der Waals surface area contributed by atoms with Crippen molar-refractivity contribution in [2.24, 2.45) is 0 Å². The van der Waals surface area contributed by atoms with Crippen LogP contribution in [0, 0.1) is 31.8 Å². The van der Waals surface area contributed by atoms with Crippen LogP contribution >= 0.6 is 0 Å². The lowest BCUT2D eigenvalue weighted by Crippen LogP contribution is -2.06. The van der Waals surface area contributed by atoms with E-state index in [4.69, 9.17) is 21.5 Å². The Morgan fingerprint density at radius 2 is 0.895 bits per heavy atom. The molecular formula is C63H37F6N7. The number of hydrogen-bond acceptors (Lipinski definition) is 4. The Kier molecular flexibility index (Phi) is 11.2. The first kappa shape index (κ1) is 47.2. The maximum Gasteiger partial charge on any atom is 0.416 e. The molecule has 0 fully saturated rings. The van der Waals surface area contributed by atoms with Gasteiger partial charge in [-0.2, -0.15) is 31.6 Å². The van der Waals surface area contributed by atoms with Crippen LogP contribution in [0.15, 0.2) is 188 Å². The van der Waals surface area contributed by atoms with Gasteiger partial charge in [-0.15, -0.1) is 0 Å². The highest BCUT2D eigenvalue weighted by atomic mass is 19.4. The average Bonchev–Trinajstić information content (AvgIpc) is 3.94. The molecule has 366 valence electrons. The lowest BCUT2D eigenvalue weighted by Gasteiger charge is -2.17. The van der Waals surface area contributed by atoms with Crippen LogP contribution in [0.2, 0.25) is 0 Å². The molecule has 0 atom stereocenters. The second kappa shape index (κ2) is 18.0. The van der Waals surface area contributed by atoms with Crippen molar-refractivity contribution in [2.75, 3.05) is 0 Å². The SMILES string of the molecule is [C-]#[N+]c1ccc(-n2c3ccccc3c3ccc(-c4cc(C)cc(C(F)(F)F)c4)cc32)c(-c2nc(-c3ccccc3)nc(-c3cc(C#N)ccc3-n3c4ccccc4c4ccc(-c5cc(C)cc(C(F)(F)F)c5)cc43)n2)c1. The molecule has 0 radical (unpaired) electrons. The second-order valence-corrected chi connectivity index (χ2v) is 18.7. The van der Waals surface area contributed by atoms with Crippen molar-refractivity contribution < 1.29 is 26.3 Å². The van der Waals surface area contributed by atoms with E-state index in [9.17, 15) is 31.6 Å². The monoisotopic (exact) mass is 1010 g/mol. The highest BCUT2D eigenvalue weighted by Gasteiger charge is 2.32. The van der Waals surface area contributed by atoms with Crippen LogP contribution in [0.4, 0.5) is 32.0 Å². The van der Waals surface area contributed by atoms with Gasteiger partial charge < -0.3 is 9.13 Å². The quantitative estimate of drug-likeness (QED) is 0.118. The molecule has 0 spiro atoms. The van der Waals surface area contributed by atoms with Gasteiger partial charge in [0.25, 0.3) is 0 Å². The maximum absolute atomic E-state index is 14.2. The number of nitrogens with zero attached hydrogens (tertiary/aromatic N) is 7. The molecule has 7 nitrogen and oxygen atoms in total. The van der Waals surface area contributed by atoms with Crippen molar-refractivity contribution in [1.29, 1.82) is 5.26 Å². The molecule has 0 amide bonds. The number of halogens is 6. The van der Waals surface area contributed by atoms with Crippen molar-refractivity contribution in [3.63, 3.8) is 0 Å². The minimum atomic E-state index is -4.56. The predicted octanol–water partition coefficient (Wildman–Crippen LogP) is 17.5. The lowest BCUT2D eigenvalue weighted by molar-refractivity contribution is -0.138. The van der Waals surface area contributed by atoms with E-state index >= 15 is 0 Å². The first-order chi connectivity index (χ1) is 36.6. The molecule has 0 aliphatic carbocycles. The van der Waals surface area contributed by atoms with E-state index in [1.165, 1.54) is 0 Å². The third-order valence-electron chi connectivity index (χ3n) is 13.7. The minimum Gasteiger partial charge on any atom is -0.309 e. The average molecular weight is 1010 g/mol. The normalized spacial score (nSPS) is 11.9. The molecule has 3 heterocycles. The number of aromatic nitrogens is 5. The van der Waals surface area contributed by atoms with Crippen LogP contribution in [0.1, 0.15) is 27.8 Å². The van der Waals surface area contributed by atoms with E-state index in [2.05, 4.69) is 10.9 Å². The third kappa shape index (κ3) is 8.24. The first-order valence-corrected chi connectivity index (χ1v) is 24.0. The summed E-state index contributed by atoms with van der Waals surface area (Å²) in [7, 11) is 0. The van der Waals surface area contributed by atoms with Gasteiger partial charge in [0.15, 0.2) is 23.2 Å². The predicted molar refractivity (Wildman–Crippen MR) is 286 cm³/mol. The van der Waals surface area contributed by atoms with Crippen LogP contribution in [0.5, 0.6) is 0 Å². The Morgan fingerprint density at radius 1 is 0.434 bits per heavy atom. The number of nitriles is 1. The van der Waals surface area contributed by atoms with Gasteiger partial charge in [0.2, 0.25) is 0 Å². The van der Waals surface area contributed by atoms with Crippen molar-refractivity contribution in [1.82, 2.24) is 24.1 Å². The van der Waals surface area contributed by atoms with Crippen LogP contribution in [0.25, 0.3) is 116 Å². The van der Waals surface area contributed by atoms with Crippen LogP contribution in [-0.4, -0.2) is 24.1 Å². The van der Waals surface area contributed by atoms with E-state index in [1.54, 1.807) is 56.3 Å². The molecule has 0 bridgehead atoms. The molecule has 9 aromatic carbocycles. The zero-order valence-corrected chi connectivity index (χ0v) is 40.3. The fraction of sp³-hybridized carbons (Fsp3) is 0.0635. The Labute approximate surface area is 430 Å². The molecule has 76 heavy (non-hydrogen) atoms. The lowest BCUT2D eigenvalue weighted by atomic mass is 9.99. The number of rotatable bonds is 7. The number of benzene rings is 9. The highest BCUT2D eigenvalue weighted by Crippen LogP contribution is 2.43. The standard InChI is InChI=1S/C63H37F6N7/c1-36-25-42(30-44(27-36)62(64,65)66)40-18-21-49-47-13-7-9-15-53(47)75(57(49)32-40)55-23-17-38(35-70)29-51(55)60-72-59(39-11-5-4-6-12-39)73-61(74-60)52-34-46(71-3)20-24-56(52)76-54-16-10-8-14-48(54)50-22-19-41(33-58(50)76)43-26-37(2)28-45(31-43)63(67,68)69/h4-34H,1-2H3. The van der Waals surface area contributed by atoms with Gasteiger partial charge in [-0.3, -0.25) is 0 Å². The number of hydrogen-bond donors (Lipinski definition) is 0. The maximum atomic E-state index is 14.2. The Balaban J connectivity index is 1.12. The summed E-state index contributed by atoms with van der Waals surface area (Å²) in [4.78, 5) is 19.3. The van der Waals surface area contributed by atoms with Gasteiger partial charge >= 0.3 is 12.4 Å². The highest BCUT2D eigenvalue weighted by molar-refractivity contribution is 6.12. The molecule has 0 unspecified atom stereocenters. The second-order valence-electron chi connectivity index (χ2n) is 18.7. The Hall–Kier alpha value is -9.85. The molecule has 0 aliphatic heterocycles. The molecular weight excluding hydrogens is 969 g/mol. The van der Waals surface area contributed by atoms with Crippen LogP contribution in [-0.2, 0) is 12.4 Å². The summed E-state index contributed by atoms with van der Waals surface area (Å²) < 4.78 is 89.1. The van der Waals surface area contributed by atoms with E-state index in [0.717, 1.165) is 56.8 Å². The molecule has 12 aromatic rings. The van der Waals surface area contributed by atoms with Gasteiger partial charge in [-0.25, -0.2) is 19.8 Å². The molecule has 3 aromatic heterocycles. The molecule has 0 N–H and O–H groups in total. The summed E-state index contributed by atoms with van der Waals surface area (Å²) in [6.45, 7) is 11.4. The summed E-state index contributed by atoms with van der Waals surface area (Å²) in [5.74, 6) is 0.634. The van der Waals surface area contributed by atoms with Crippen LogP contribution in [0.3, 0.4) is 0 Å². The topological polar surface area (TPSA) is 76.7 Å². The summed E-state index contributed by atoms with van der Waals surface area (Å²) in [5.41, 5.74) is 7.45. The van der Waals surface area contributed by atoms with Gasteiger partial charge in [0.05, 0.1) is 62.8 Å². The number of alkyl halides is 6. The third-order valence-corrected chi connectivity index (χ3v) is 13.7. The molecule has 0 saturated heterocycles. The van der Waals surface area contributed by atoms with Gasteiger partial charge in [-0.05, 0) is 126 Å². The number of para-hydroxylation sites is 2. The summed E-state index contributed by atoms with van der Waals surface area (Å²) in [6, 6.07) is 56.6. The van der Waals surface area contributed by atoms with E-state index in [-0.39, 0.29) is 23.2 Å². The summed E-state index contributed by atoms with van der Waals surface area (Å²) in [6.07, 6.45) is -9.11.